The summed E-state index contributed by atoms with van der Waals surface area (Å²) in [5.74, 6) is 2.77. The number of likely N-dealkylation sites (tertiary alicyclic amines) is 1. The van der Waals surface area contributed by atoms with E-state index in [0.717, 1.165) is 37.2 Å². The molecule has 1 aliphatic carbocycles. The van der Waals surface area contributed by atoms with Crippen molar-refractivity contribution < 1.29 is 9.53 Å². The molecule has 4 aliphatic rings. The number of hydrogen-bond acceptors (Lipinski definition) is 4. The highest BCUT2D eigenvalue weighted by Gasteiger charge is 2.67. The van der Waals surface area contributed by atoms with Crippen molar-refractivity contribution in [3.8, 4) is 5.75 Å². The summed E-state index contributed by atoms with van der Waals surface area (Å²) in [4.78, 5) is 21.5. The number of carbonyl (C=O) groups is 1. The van der Waals surface area contributed by atoms with Gasteiger partial charge in [0.1, 0.15) is 5.75 Å². The highest BCUT2D eigenvalue weighted by atomic mass is 16.5. The summed E-state index contributed by atoms with van der Waals surface area (Å²) in [6, 6.07) is 18.6. The summed E-state index contributed by atoms with van der Waals surface area (Å²) in [7, 11) is 1.70. The SMILES string of the molecule is COc1ccc(CN2CC3CC4C=NC3(C(=O)NCc3ccccc3)C2C4CC(C)C)cc1. The minimum absolute atomic E-state index is 0.0988. The van der Waals surface area contributed by atoms with Gasteiger partial charge in [0.2, 0.25) is 5.91 Å². The van der Waals surface area contributed by atoms with Gasteiger partial charge in [-0.15, -0.1) is 0 Å². The molecule has 33 heavy (non-hydrogen) atoms. The van der Waals surface area contributed by atoms with Crippen molar-refractivity contribution in [2.24, 2.45) is 28.7 Å². The van der Waals surface area contributed by atoms with Crippen molar-refractivity contribution in [2.45, 2.75) is 51.4 Å². The van der Waals surface area contributed by atoms with Gasteiger partial charge in [-0.1, -0.05) is 56.3 Å². The highest BCUT2D eigenvalue weighted by molar-refractivity contribution is 5.92. The largest absolute Gasteiger partial charge is 0.497 e. The molecule has 0 spiro atoms. The lowest BCUT2D eigenvalue weighted by Crippen LogP contribution is -2.65. The zero-order chi connectivity index (χ0) is 23.0. The van der Waals surface area contributed by atoms with Crippen LogP contribution in [0.25, 0.3) is 0 Å². The third-order valence-corrected chi connectivity index (χ3v) is 7.86. The lowest BCUT2D eigenvalue weighted by Gasteiger charge is -2.51. The normalized spacial score (nSPS) is 30.1. The summed E-state index contributed by atoms with van der Waals surface area (Å²) < 4.78 is 5.33. The average Bonchev–Trinajstić information content (AvgIpc) is 3.09. The number of aliphatic imine (C=N–C) groups is 1. The molecule has 174 valence electrons. The number of nitrogens with one attached hydrogen (secondary N) is 1. The third-order valence-electron chi connectivity index (χ3n) is 7.86. The summed E-state index contributed by atoms with van der Waals surface area (Å²) in [5, 5.41) is 3.26. The molecule has 5 atom stereocenters. The van der Waals surface area contributed by atoms with Crippen LogP contribution in [0.2, 0.25) is 0 Å². The first-order valence-corrected chi connectivity index (χ1v) is 12.3. The lowest BCUT2D eigenvalue weighted by atomic mass is 9.59. The smallest absolute Gasteiger partial charge is 0.250 e. The summed E-state index contributed by atoms with van der Waals surface area (Å²) >= 11 is 0. The Hall–Kier alpha value is -2.66. The molecule has 2 fully saturated rings. The monoisotopic (exact) mass is 445 g/mol. The van der Waals surface area contributed by atoms with E-state index in [1.165, 1.54) is 5.56 Å². The first kappa shape index (κ1) is 22.1. The molecular formula is C28H35N3O2. The summed E-state index contributed by atoms with van der Waals surface area (Å²) in [6.45, 7) is 6.91. The van der Waals surface area contributed by atoms with E-state index in [9.17, 15) is 4.79 Å². The Morgan fingerprint density at radius 1 is 1.15 bits per heavy atom. The van der Waals surface area contributed by atoms with Gasteiger partial charge in [-0.3, -0.25) is 14.7 Å². The molecule has 5 unspecified atom stereocenters. The minimum Gasteiger partial charge on any atom is -0.497 e. The van der Waals surface area contributed by atoms with E-state index in [1.807, 2.05) is 30.3 Å². The lowest BCUT2D eigenvalue weighted by molar-refractivity contribution is -0.132. The van der Waals surface area contributed by atoms with Crippen LogP contribution in [0.5, 0.6) is 5.75 Å². The molecule has 1 saturated heterocycles. The summed E-state index contributed by atoms with van der Waals surface area (Å²) in [6.07, 6.45) is 4.31. The molecule has 0 radical (unpaired) electrons. The Morgan fingerprint density at radius 3 is 2.61 bits per heavy atom. The number of nitrogens with zero attached hydrogens (tertiary/aromatic N) is 2. The predicted molar refractivity (Wildman–Crippen MR) is 131 cm³/mol. The first-order valence-electron chi connectivity index (χ1n) is 12.3. The maximum absolute atomic E-state index is 13.9. The molecule has 3 heterocycles. The zero-order valence-corrected chi connectivity index (χ0v) is 19.9. The van der Waals surface area contributed by atoms with Crippen molar-refractivity contribution in [1.82, 2.24) is 10.2 Å². The van der Waals surface area contributed by atoms with Gasteiger partial charge in [0.05, 0.1) is 7.11 Å². The van der Waals surface area contributed by atoms with Crippen molar-refractivity contribution in [3.05, 3.63) is 65.7 Å². The van der Waals surface area contributed by atoms with E-state index in [4.69, 9.17) is 9.73 Å². The number of rotatable bonds is 8. The van der Waals surface area contributed by atoms with Crippen LogP contribution in [0.3, 0.4) is 0 Å². The summed E-state index contributed by atoms with van der Waals surface area (Å²) in [5.41, 5.74) is 1.71. The van der Waals surface area contributed by atoms with Crippen molar-refractivity contribution in [1.29, 1.82) is 0 Å². The van der Waals surface area contributed by atoms with Crippen molar-refractivity contribution >= 4 is 12.1 Å². The number of amides is 1. The van der Waals surface area contributed by atoms with Gasteiger partial charge >= 0.3 is 0 Å². The van der Waals surface area contributed by atoms with E-state index in [1.54, 1.807) is 7.11 Å². The maximum Gasteiger partial charge on any atom is 0.250 e. The second-order valence-electron chi connectivity index (χ2n) is 10.4. The average molecular weight is 446 g/mol. The van der Waals surface area contributed by atoms with Gasteiger partial charge in [-0.2, -0.15) is 0 Å². The van der Waals surface area contributed by atoms with Crippen molar-refractivity contribution in [2.75, 3.05) is 13.7 Å². The number of methoxy groups -OCH3 is 1. The molecule has 3 aliphatic heterocycles. The Bertz CT molecular complexity index is 1000. The Labute approximate surface area is 197 Å². The molecule has 1 N–H and O–H groups in total. The van der Waals surface area contributed by atoms with Crippen LogP contribution in [0.15, 0.2) is 59.6 Å². The highest BCUT2D eigenvalue weighted by Crippen LogP contribution is 2.55. The fourth-order valence-corrected chi connectivity index (χ4v) is 6.49. The van der Waals surface area contributed by atoms with Crippen LogP contribution in [0, 0.1) is 23.7 Å². The Morgan fingerprint density at radius 2 is 1.91 bits per heavy atom. The number of ether oxygens (including phenoxy) is 1. The van der Waals surface area contributed by atoms with E-state index in [0.29, 0.717) is 24.3 Å². The third kappa shape index (κ3) is 3.97. The van der Waals surface area contributed by atoms with Gasteiger partial charge in [-0.25, -0.2) is 0 Å². The first-order chi connectivity index (χ1) is 16.0. The number of carbonyl (C=O) groups excluding carboxylic acids is 1. The second-order valence-corrected chi connectivity index (χ2v) is 10.4. The number of benzene rings is 2. The van der Waals surface area contributed by atoms with Gasteiger partial charge in [0, 0.05) is 37.8 Å². The van der Waals surface area contributed by atoms with Crippen LogP contribution < -0.4 is 10.1 Å². The second kappa shape index (κ2) is 8.94. The molecule has 1 amide bonds. The molecule has 2 aromatic rings. The molecule has 5 heteroatoms. The van der Waals surface area contributed by atoms with Gasteiger partial charge in [0.15, 0.2) is 5.54 Å². The fourth-order valence-electron chi connectivity index (χ4n) is 6.49. The van der Waals surface area contributed by atoms with E-state index in [2.05, 4.69) is 54.5 Å². The minimum atomic E-state index is -0.671. The quantitative estimate of drug-likeness (QED) is 0.659. The molecule has 2 aromatic carbocycles. The molecule has 4 bridgehead atoms. The van der Waals surface area contributed by atoms with Gasteiger partial charge in [0.25, 0.3) is 0 Å². The zero-order valence-electron chi connectivity index (χ0n) is 19.9. The fraction of sp³-hybridized carbons (Fsp3) is 0.500. The Kier molecular flexibility index (Phi) is 6.00. The van der Waals surface area contributed by atoms with Crippen molar-refractivity contribution in [3.63, 3.8) is 0 Å². The molecule has 6 rings (SSSR count). The van der Waals surface area contributed by atoms with E-state index < -0.39 is 5.54 Å². The number of hydrogen-bond donors (Lipinski definition) is 1. The topological polar surface area (TPSA) is 53.9 Å². The maximum atomic E-state index is 13.9. The predicted octanol–water partition coefficient (Wildman–Crippen LogP) is 4.32. The van der Waals surface area contributed by atoms with Crippen LogP contribution in [0.1, 0.15) is 37.8 Å². The molecule has 5 nitrogen and oxygen atoms in total. The Balaban J connectivity index is 1.43. The van der Waals surface area contributed by atoms with Gasteiger partial charge in [-0.05, 0) is 53.9 Å². The van der Waals surface area contributed by atoms with Crippen LogP contribution in [0.4, 0.5) is 0 Å². The standard InChI is InChI=1S/C28H35N3O2/c1-19(2)13-25-22-14-23-18-31(17-21-9-11-24(33-3)12-10-21)26(25)28(23,30-16-22)27(32)29-15-20-7-5-4-6-8-20/h4-12,16,19,22-23,25-26H,13-15,17-18H2,1-3H3,(H,29,32). The van der Waals surface area contributed by atoms with Crippen LogP contribution in [-0.4, -0.2) is 42.3 Å². The molecule has 0 aromatic heterocycles. The van der Waals surface area contributed by atoms with Crippen LogP contribution in [-0.2, 0) is 17.9 Å². The van der Waals surface area contributed by atoms with Gasteiger partial charge < -0.3 is 10.1 Å². The molecule has 1 saturated carbocycles. The van der Waals surface area contributed by atoms with E-state index in [-0.39, 0.29) is 17.9 Å². The van der Waals surface area contributed by atoms with Crippen LogP contribution >= 0.6 is 0 Å². The van der Waals surface area contributed by atoms with E-state index >= 15 is 0 Å². The molecular weight excluding hydrogens is 410 g/mol.